The molecule has 0 unspecified atom stereocenters. The van der Waals surface area contributed by atoms with Crippen molar-refractivity contribution in [3.05, 3.63) is 108 Å². The Labute approximate surface area is 453 Å². The number of nitrogens with zero attached hydrogens (tertiary/aromatic N) is 6. The molecule has 0 atom stereocenters. The molecule has 0 bridgehead atoms. The molecule has 0 aliphatic heterocycles. The Kier molecular flexibility index (Phi) is 20.2. The Morgan fingerprint density at radius 1 is 0.578 bits per heavy atom. The molecule has 0 saturated heterocycles. The Morgan fingerprint density at radius 3 is 1.59 bits per heavy atom. The number of benzene rings is 6. The normalized spacial score (nSPS) is 11.8. The van der Waals surface area contributed by atoms with Gasteiger partial charge >= 0.3 is 118 Å². The molecule has 0 aliphatic rings. The minimum absolute atomic E-state index is 0. The monoisotopic (exact) mass is 963 g/mol. The van der Waals surface area contributed by atoms with E-state index in [4.69, 9.17) is 5.73 Å². The number of carboxylic acid groups (broad SMARTS) is 1. The van der Waals surface area contributed by atoms with Gasteiger partial charge in [-0.1, -0.05) is 35.8 Å². The summed E-state index contributed by atoms with van der Waals surface area (Å²) in [5, 5.41) is 59.4. The van der Waals surface area contributed by atoms with Crippen molar-refractivity contribution in [2.75, 3.05) is 5.73 Å². The molecule has 6 aromatic rings. The molecule has 0 heterocycles. The quantitative estimate of drug-likeness (QED) is 0.0471. The van der Waals surface area contributed by atoms with Gasteiger partial charge in [-0.3, -0.25) is 9.11 Å². The molecule has 308 valence electrons. The molecule has 0 aromatic heterocycles. The van der Waals surface area contributed by atoms with Crippen LogP contribution in [0.25, 0.3) is 21.9 Å². The van der Waals surface area contributed by atoms with Crippen molar-refractivity contribution in [2.45, 2.75) is 28.5 Å². The van der Waals surface area contributed by atoms with E-state index in [0.717, 1.165) is 35.4 Å². The number of fused-ring (bicyclic) bond motifs is 1. The number of hydrogen-bond acceptors (Lipinski definition) is 18. The number of hydrogen-bond donors (Lipinski definition) is 3. The zero-order valence-electron chi connectivity index (χ0n) is 34.5. The van der Waals surface area contributed by atoms with Crippen LogP contribution in [0.15, 0.2) is 136 Å². The van der Waals surface area contributed by atoms with E-state index in [2.05, 4.69) is 30.7 Å². The molecule has 6 aromatic carbocycles. The minimum Gasteiger partial charge on any atom is -0.872 e. The molecule has 0 amide bonds. The number of aryl methyl sites for hydroxylation is 2. The van der Waals surface area contributed by atoms with Gasteiger partial charge in [0, 0.05) is 10.8 Å². The molecular formula is C37H25N7Na4O13S3. The van der Waals surface area contributed by atoms with Gasteiger partial charge in [0.2, 0.25) is 0 Å². The average molecular weight is 964 g/mol. The van der Waals surface area contributed by atoms with Crippen LogP contribution in [0, 0.1) is 13.8 Å². The summed E-state index contributed by atoms with van der Waals surface area (Å²) in [6.07, 6.45) is 0. The number of nitrogens with two attached hydrogens (primary N) is 1. The second-order valence-electron chi connectivity index (χ2n) is 12.7. The summed E-state index contributed by atoms with van der Waals surface area (Å²) >= 11 is 0. The molecule has 0 spiro atoms. The number of aromatic carboxylic acids is 1. The fourth-order valence-corrected chi connectivity index (χ4v) is 7.54. The number of rotatable bonds is 11. The van der Waals surface area contributed by atoms with Crippen molar-refractivity contribution in [3.8, 4) is 22.6 Å². The molecule has 4 N–H and O–H groups in total. The predicted molar refractivity (Wildman–Crippen MR) is 206 cm³/mol. The third-order valence-corrected chi connectivity index (χ3v) is 11.3. The zero-order chi connectivity index (χ0) is 43.9. The Hall–Kier alpha value is -3.02. The first-order valence-electron chi connectivity index (χ1n) is 16.6. The summed E-state index contributed by atoms with van der Waals surface area (Å²) < 4.78 is 103. The van der Waals surface area contributed by atoms with Gasteiger partial charge < -0.3 is 30.4 Å². The largest absolute Gasteiger partial charge is 1.00 e. The topological polar surface area (TPSA) is 352 Å². The fraction of sp³-hybridized carbons (Fsp3) is 0.0541. The van der Waals surface area contributed by atoms with Gasteiger partial charge in [-0.25, -0.2) is 8.42 Å². The Morgan fingerprint density at radius 2 is 1.08 bits per heavy atom. The number of carbonyl (C=O) groups excluding carboxylic acids is 1. The summed E-state index contributed by atoms with van der Waals surface area (Å²) in [4.78, 5) is 8.36. The fourth-order valence-electron chi connectivity index (χ4n) is 5.74. The summed E-state index contributed by atoms with van der Waals surface area (Å²) in [7, 11) is -15.3. The molecular weight excluding hydrogens is 939 g/mol. The van der Waals surface area contributed by atoms with Crippen LogP contribution in [0.4, 0.5) is 39.8 Å². The third-order valence-electron chi connectivity index (χ3n) is 8.70. The van der Waals surface area contributed by atoms with Crippen molar-refractivity contribution in [3.63, 3.8) is 0 Å². The second kappa shape index (κ2) is 22.6. The number of carbonyl (C=O) groups is 1. The number of nitrogen functional groups attached to an aromatic ring is 1. The summed E-state index contributed by atoms with van der Waals surface area (Å²) in [5.74, 6) is -3.31. The van der Waals surface area contributed by atoms with Crippen LogP contribution in [0.5, 0.6) is 11.5 Å². The molecule has 0 radical (unpaired) electrons. The summed E-state index contributed by atoms with van der Waals surface area (Å²) in [6, 6.07) is 18.5. The molecule has 0 fully saturated rings. The smallest absolute Gasteiger partial charge is 0.872 e. The maximum absolute atomic E-state index is 13.7. The predicted octanol–water partition coefficient (Wildman–Crippen LogP) is -6.12. The van der Waals surface area contributed by atoms with Gasteiger partial charge in [0.15, 0.2) is 0 Å². The first-order chi connectivity index (χ1) is 28.0. The van der Waals surface area contributed by atoms with Gasteiger partial charge in [-0.2, -0.15) is 37.3 Å². The first-order valence-corrected chi connectivity index (χ1v) is 20.9. The number of carboxylic acids is 1. The van der Waals surface area contributed by atoms with Crippen molar-refractivity contribution < 1.29 is 177 Å². The van der Waals surface area contributed by atoms with Crippen molar-refractivity contribution in [2.24, 2.45) is 30.7 Å². The van der Waals surface area contributed by atoms with Gasteiger partial charge in [0.25, 0.3) is 20.2 Å². The average Bonchev–Trinajstić information content (AvgIpc) is 3.16. The van der Waals surface area contributed by atoms with E-state index in [1.165, 1.54) is 6.07 Å². The van der Waals surface area contributed by atoms with E-state index in [-0.39, 0.29) is 135 Å². The van der Waals surface area contributed by atoms with Crippen LogP contribution in [0.1, 0.15) is 21.5 Å². The van der Waals surface area contributed by atoms with Crippen LogP contribution in [0.3, 0.4) is 0 Å². The SMILES string of the molecule is Cc1cc(-c2ccc(N=Nc3ccc4c(S(=O)(=O)O)cc(N=Nc5cc(S(=O)(=O)[O-])ccc5S(=O)(=O)O)c(N)c4c3[O-])c(C)c2)ccc1N=Nc1ccc([O-])c(C(=O)[O-])c1.[Na+].[Na+].[Na+].[Na+]. The van der Waals surface area contributed by atoms with Gasteiger partial charge in [-0.05, 0) is 108 Å². The van der Waals surface area contributed by atoms with Crippen LogP contribution in [-0.4, -0.2) is 44.9 Å². The van der Waals surface area contributed by atoms with Crippen LogP contribution < -0.4 is 139 Å². The first kappa shape index (κ1) is 57.1. The minimum atomic E-state index is -5.16. The maximum Gasteiger partial charge on any atom is 1.00 e. The van der Waals surface area contributed by atoms with E-state index in [9.17, 15) is 59.0 Å². The molecule has 20 nitrogen and oxygen atoms in total. The Bertz CT molecular complexity index is 3250. The van der Waals surface area contributed by atoms with Crippen molar-refractivity contribution in [1.29, 1.82) is 0 Å². The summed E-state index contributed by atoms with van der Waals surface area (Å²) in [6.45, 7) is 3.51. The van der Waals surface area contributed by atoms with Crippen LogP contribution in [0.2, 0.25) is 0 Å². The molecule has 6 rings (SSSR count). The molecule has 0 aliphatic carbocycles. The standard InChI is InChI=1S/C37H29N7O13S3.4Na/c1-18-13-20(3-8-26(18)40-39-22-5-11-31(45)25(15-22)37(47)48)21-4-9-27(19(2)14-21)41-42-28-10-7-24-33(60(55,56)57)17-30(35(38)34(24)36(28)46)44-43-29-16-23(58(49,50)51)6-12-32(29)59(52,53)54;;;;/h3-17,45-46H,38H2,1-2H3,(H,47,48)(H,49,50,51)(H,52,53,54)(H,55,56,57);;;;/q;4*+1/p-4. The molecule has 27 heteroatoms. The Balaban J connectivity index is 0.00000352. The van der Waals surface area contributed by atoms with Gasteiger partial charge in [0.1, 0.15) is 31.3 Å². The van der Waals surface area contributed by atoms with Gasteiger partial charge in [0.05, 0.1) is 39.3 Å². The van der Waals surface area contributed by atoms with E-state index in [1.54, 1.807) is 44.2 Å². The van der Waals surface area contributed by atoms with Crippen molar-refractivity contribution in [1.82, 2.24) is 0 Å². The van der Waals surface area contributed by atoms with Crippen LogP contribution >= 0.6 is 0 Å². The number of azo groups is 3. The van der Waals surface area contributed by atoms with E-state index in [1.807, 2.05) is 6.07 Å². The zero-order valence-corrected chi connectivity index (χ0v) is 45.0. The van der Waals surface area contributed by atoms with E-state index < -0.39 is 90.5 Å². The molecule has 64 heavy (non-hydrogen) atoms. The third kappa shape index (κ3) is 13.1. The maximum atomic E-state index is 13.7. The van der Waals surface area contributed by atoms with Crippen LogP contribution in [-0.2, 0) is 30.4 Å². The number of anilines is 1. The summed E-state index contributed by atoms with van der Waals surface area (Å²) in [5.41, 5.74) is 7.12. The van der Waals surface area contributed by atoms with E-state index in [0.29, 0.717) is 46.8 Å². The van der Waals surface area contributed by atoms with E-state index >= 15 is 0 Å². The van der Waals surface area contributed by atoms with Gasteiger partial charge in [-0.15, -0.1) is 10.2 Å². The molecule has 0 saturated carbocycles. The van der Waals surface area contributed by atoms with Crippen molar-refractivity contribution >= 4 is 86.9 Å². The second-order valence-corrected chi connectivity index (χ2v) is 16.9.